The fourth-order valence-electron chi connectivity index (χ4n) is 1.45. The van der Waals surface area contributed by atoms with Gasteiger partial charge in [-0.05, 0) is 17.7 Å². The fraction of sp³-hybridized carbons (Fsp3) is 0.400. The second kappa shape index (κ2) is 4.32. The van der Waals surface area contributed by atoms with E-state index in [1.54, 1.807) is 0 Å². The molecule has 0 saturated carbocycles. The molecular weight excluding hydrogens is 250 g/mol. The maximum atomic E-state index is 12.9. The molecule has 0 atom stereocenters. The quantitative estimate of drug-likeness (QED) is 0.758. The largest absolute Gasteiger partial charge is 0.282 e. The Balaban J connectivity index is 2.12. The van der Waals surface area contributed by atoms with Crippen molar-refractivity contribution in [3.8, 4) is 0 Å². The number of hydrogen-bond acceptors (Lipinski definition) is 2. The Kier molecular flexibility index (Phi) is 3.15. The van der Waals surface area contributed by atoms with Crippen molar-refractivity contribution >= 4 is 10.2 Å². The van der Waals surface area contributed by atoms with Crippen molar-refractivity contribution in [3.05, 3.63) is 35.4 Å². The highest BCUT2D eigenvalue weighted by Crippen LogP contribution is 2.18. The maximum Gasteiger partial charge on any atom is 0.282 e. The summed E-state index contributed by atoms with van der Waals surface area (Å²) in [5.74, 6) is -1.91. The number of halogens is 2. The first-order valence-corrected chi connectivity index (χ1v) is 6.46. The third kappa shape index (κ3) is 2.62. The Morgan fingerprint density at radius 3 is 2.47 bits per heavy atom. The summed E-state index contributed by atoms with van der Waals surface area (Å²) in [4.78, 5) is 0. The van der Waals surface area contributed by atoms with Crippen molar-refractivity contribution < 1.29 is 17.2 Å². The van der Waals surface area contributed by atoms with Crippen LogP contribution in [0.4, 0.5) is 8.78 Å². The van der Waals surface area contributed by atoms with E-state index >= 15 is 0 Å². The average Bonchev–Trinajstić information content (AvgIpc) is 3.07. The van der Waals surface area contributed by atoms with Crippen LogP contribution in [-0.4, -0.2) is 37.2 Å². The molecule has 0 radical (unpaired) electrons. The molecule has 0 spiro atoms. The Morgan fingerprint density at radius 2 is 1.94 bits per heavy atom. The molecule has 0 unspecified atom stereocenters. The van der Waals surface area contributed by atoms with E-state index < -0.39 is 21.8 Å². The van der Waals surface area contributed by atoms with Crippen molar-refractivity contribution in [2.45, 2.75) is 6.54 Å². The van der Waals surface area contributed by atoms with Crippen LogP contribution in [-0.2, 0) is 16.8 Å². The van der Waals surface area contributed by atoms with E-state index in [4.69, 9.17) is 0 Å². The summed E-state index contributed by atoms with van der Waals surface area (Å²) in [7, 11) is -2.02. The molecule has 1 fully saturated rings. The molecule has 0 N–H and O–H groups in total. The van der Waals surface area contributed by atoms with Crippen molar-refractivity contribution in [1.29, 1.82) is 0 Å². The normalized spacial score (nSPS) is 16.5. The van der Waals surface area contributed by atoms with E-state index in [1.807, 2.05) is 0 Å². The lowest BCUT2D eigenvalue weighted by Gasteiger charge is -2.17. The Labute approximate surface area is 98.6 Å². The van der Waals surface area contributed by atoms with Gasteiger partial charge in [-0.25, -0.2) is 8.78 Å². The number of benzene rings is 1. The van der Waals surface area contributed by atoms with Crippen molar-refractivity contribution in [2.24, 2.45) is 0 Å². The summed E-state index contributed by atoms with van der Waals surface area (Å²) in [5.41, 5.74) is 0.414. The minimum atomic E-state index is -3.44. The molecule has 1 saturated heterocycles. The molecule has 0 aliphatic carbocycles. The summed E-state index contributed by atoms with van der Waals surface area (Å²) in [6, 6.07) is 3.36. The molecule has 1 aliphatic rings. The molecule has 1 heterocycles. The molecule has 17 heavy (non-hydrogen) atoms. The highest BCUT2D eigenvalue weighted by atomic mass is 32.2. The second-order valence-electron chi connectivity index (χ2n) is 3.91. The Hall–Kier alpha value is -1.05. The minimum absolute atomic E-state index is 0.0238. The summed E-state index contributed by atoms with van der Waals surface area (Å²) >= 11 is 0. The monoisotopic (exact) mass is 262 g/mol. The molecule has 1 aliphatic heterocycles. The summed E-state index contributed by atoms with van der Waals surface area (Å²) < 4.78 is 51.5. The number of nitrogens with zero attached hydrogens (tertiary/aromatic N) is 2. The van der Waals surface area contributed by atoms with E-state index in [9.17, 15) is 17.2 Å². The van der Waals surface area contributed by atoms with E-state index in [2.05, 4.69) is 0 Å². The molecule has 1 aromatic rings. The predicted octanol–water partition coefficient (Wildman–Crippen LogP) is 0.957. The lowest BCUT2D eigenvalue weighted by Crippen LogP contribution is -2.31. The lowest BCUT2D eigenvalue weighted by atomic mass is 10.2. The van der Waals surface area contributed by atoms with Gasteiger partial charge in [-0.15, -0.1) is 0 Å². The molecule has 7 heteroatoms. The molecule has 0 bridgehead atoms. The standard InChI is InChI=1S/C10H12F2N2O2S/c1-13(17(15,16)14-4-5-14)7-8-2-3-9(11)10(12)6-8/h2-3,6H,4-5,7H2,1H3. The van der Waals surface area contributed by atoms with E-state index in [-0.39, 0.29) is 6.54 Å². The Morgan fingerprint density at radius 1 is 1.29 bits per heavy atom. The van der Waals surface area contributed by atoms with Crippen LogP contribution in [0.2, 0.25) is 0 Å². The summed E-state index contributed by atoms with van der Waals surface area (Å²) in [5, 5.41) is 0. The smallest absolute Gasteiger partial charge is 0.204 e. The molecule has 0 aromatic heterocycles. The highest BCUT2D eigenvalue weighted by molar-refractivity contribution is 7.86. The molecule has 94 valence electrons. The van der Waals surface area contributed by atoms with Crippen molar-refractivity contribution in [1.82, 2.24) is 8.61 Å². The molecule has 1 aromatic carbocycles. The van der Waals surface area contributed by atoms with Gasteiger partial charge in [0.25, 0.3) is 10.2 Å². The van der Waals surface area contributed by atoms with Gasteiger partial charge in [0.05, 0.1) is 0 Å². The van der Waals surface area contributed by atoms with Crippen LogP contribution in [0.1, 0.15) is 5.56 Å². The van der Waals surface area contributed by atoms with Gasteiger partial charge in [0.1, 0.15) is 0 Å². The topological polar surface area (TPSA) is 40.4 Å². The summed E-state index contributed by atoms with van der Waals surface area (Å²) in [6.07, 6.45) is 0. The van der Waals surface area contributed by atoms with Gasteiger partial charge < -0.3 is 0 Å². The van der Waals surface area contributed by atoms with Crippen LogP contribution in [0.3, 0.4) is 0 Å². The third-order valence-corrected chi connectivity index (χ3v) is 4.45. The van der Waals surface area contributed by atoms with Gasteiger partial charge >= 0.3 is 0 Å². The number of rotatable bonds is 4. The van der Waals surface area contributed by atoms with Gasteiger partial charge in [0, 0.05) is 26.7 Å². The van der Waals surface area contributed by atoms with Gasteiger partial charge in [0.2, 0.25) is 0 Å². The minimum Gasteiger partial charge on any atom is -0.204 e. The first-order valence-electron chi connectivity index (χ1n) is 5.06. The van der Waals surface area contributed by atoms with Gasteiger partial charge in [-0.1, -0.05) is 6.07 Å². The second-order valence-corrected chi connectivity index (χ2v) is 5.95. The molecule has 0 amide bonds. The van der Waals surface area contributed by atoms with Crippen LogP contribution in [0.25, 0.3) is 0 Å². The maximum absolute atomic E-state index is 12.9. The van der Waals surface area contributed by atoms with Crippen LogP contribution >= 0.6 is 0 Å². The van der Waals surface area contributed by atoms with Crippen LogP contribution in [0.5, 0.6) is 0 Å². The SMILES string of the molecule is CN(Cc1ccc(F)c(F)c1)S(=O)(=O)N1CC1. The average molecular weight is 262 g/mol. The van der Waals surface area contributed by atoms with Crippen LogP contribution < -0.4 is 0 Å². The van der Waals surface area contributed by atoms with Gasteiger partial charge in [0.15, 0.2) is 11.6 Å². The predicted molar refractivity (Wildman–Crippen MR) is 58.3 cm³/mol. The fourth-order valence-corrected chi connectivity index (χ4v) is 2.69. The first-order chi connectivity index (χ1) is 7.91. The number of hydrogen-bond donors (Lipinski definition) is 0. The lowest BCUT2D eigenvalue weighted by molar-refractivity contribution is 0.437. The molecule has 4 nitrogen and oxygen atoms in total. The van der Waals surface area contributed by atoms with Crippen molar-refractivity contribution in [2.75, 3.05) is 20.1 Å². The zero-order chi connectivity index (χ0) is 12.6. The zero-order valence-electron chi connectivity index (χ0n) is 9.23. The molecular formula is C10H12F2N2O2S. The highest BCUT2D eigenvalue weighted by Gasteiger charge is 2.35. The van der Waals surface area contributed by atoms with E-state index in [1.165, 1.54) is 17.4 Å². The van der Waals surface area contributed by atoms with Gasteiger partial charge in [-0.3, -0.25) is 0 Å². The Bertz CT molecular complexity index is 529. The van der Waals surface area contributed by atoms with E-state index in [0.29, 0.717) is 18.7 Å². The first kappa shape index (κ1) is 12.4. The van der Waals surface area contributed by atoms with Crippen molar-refractivity contribution in [3.63, 3.8) is 0 Å². The van der Waals surface area contributed by atoms with E-state index in [0.717, 1.165) is 16.4 Å². The summed E-state index contributed by atoms with van der Waals surface area (Å²) in [6.45, 7) is 1.06. The van der Waals surface area contributed by atoms with Crippen LogP contribution in [0.15, 0.2) is 18.2 Å². The van der Waals surface area contributed by atoms with Gasteiger partial charge in [-0.2, -0.15) is 17.0 Å². The zero-order valence-corrected chi connectivity index (χ0v) is 10.0. The molecule has 2 rings (SSSR count). The third-order valence-electron chi connectivity index (χ3n) is 2.52. The van der Waals surface area contributed by atoms with Crippen LogP contribution in [0, 0.1) is 11.6 Å².